The van der Waals surface area contributed by atoms with E-state index in [1.54, 1.807) is 0 Å². The third kappa shape index (κ3) is 1.57. The number of alkyl halides is 1. The fourth-order valence-electron chi connectivity index (χ4n) is 0.913. The summed E-state index contributed by atoms with van der Waals surface area (Å²) in [6, 6.07) is 0. The monoisotopic (exact) mass is 200 g/mol. The number of Topliss-reactive ketones (excluding diaryl/α,β-unsaturated/α-hetero) is 1. The van der Waals surface area contributed by atoms with Crippen LogP contribution in [-0.2, 0) is 4.79 Å². The zero-order valence-electron chi connectivity index (χ0n) is 5.80. The Morgan fingerprint density at radius 2 is 2.50 bits per heavy atom. The van der Waals surface area contributed by atoms with Crippen LogP contribution in [0.2, 0.25) is 0 Å². The van der Waals surface area contributed by atoms with Gasteiger partial charge in [-0.1, -0.05) is 41.1 Å². The zero-order valence-corrected chi connectivity index (χ0v) is 7.39. The lowest BCUT2D eigenvalue weighted by Crippen LogP contribution is -1.99. The minimum Gasteiger partial charge on any atom is -0.293 e. The Hall–Kier alpha value is -0.370. The Morgan fingerprint density at radius 3 is 2.90 bits per heavy atom. The van der Waals surface area contributed by atoms with Crippen LogP contribution in [0.15, 0.2) is 23.8 Å². The van der Waals surface area contributed by atoms with Crippen molar-refractivity contribution in [2.24, 2.45) is 5.92 Å². The van der Waals surface area contributed by atoms with Gasteiger partial charge in [0.15, 0.2) is 5.78 Å². The number of allylic oxidation sites excluding steroid dienone is 4. The summed E-state index contributed by atoms with van der Waals surface area (Å²) in [5.74, 6) is 0.596. The van der Waals surface area contributed by atoms with Crippen LogP contribution in [0, 0.1) is 5.92 Å². The molecule has 0 aliphatic heterocycles. The molecule has 1 aliphatic rings. The van der Waals surface area contributed by atoms with Gasteiger partial charge in [0.05, 0.1) is 5.33 Å². The van der Waals surface area contributed by atoms with Crippen LogP contribution >= 0.6 is 15.9 Å². The number of carbonyl (C=O) groups excluding carboxylic acids is 1. The average Bonchev–Trinajstić information content (AvgIpc) is 2.34. The topological polar surface area (TPSA) is 17.1 Å². The van der Waals surface area contributed by atoms with Crippen molar-refractivity contribution in [3.63, 3.8) is 0 Å². The first kappa shape index (κ1) is 7.73. The van der Waals surface area contributed by atoms with Crippen molar-refractivity contribution in [3.8, 4) is 0 Å². The number of halogens is 1. The predicted molar refractivity (Wildman–Crippen MR) is 45.2 cm³/mol. The average molecular weight is 201 g/mol. The van der Waals surface area contributed by atoms with Crippen LogP contribution in [0.3, 0.4) is 0 Å². The summed E-state index contributed by atoms with van der Waals surface area (Å²) in [6.45, 7) is 2.06. The van der Waals surface area contributed by atoms with E-state index in [9.17, 15) is 4.79 Å². The lowest BCUT2D eigenvalue weighted by Gasteiger charge is -1.91. The molecular weight excluding hydrogens is 192 g/mol. The summed E-state index contributed by atoms with van der Waals surface area (Å²) in [6.07, 6.45) is 5.88. The standard InChI is InChI=1S/C8H9BrO/c1-6-2-3-7(4-6)8(10)5-9/h2-4,6H,5H2,1H3. The summed E-state index contributed by atoms with van der Waals surface area (Å²) in [7, 11) is 0. The van der Waals surface area contributed by atoms with E-state index in [2.05, 4.69) is 22.9 Å². The van der Waals surface area contributed by atoms with Crippen molar-refractivity contribution >= 4 is 21.7 Å². The third-order valence-electron chi connectivity index (χ3n) is 1.47. The molecule has 1 atom stereocenters. The lowest BCUT2D eigenvalue weighted by molar-refractivity contribution is -0.112. The van der Waals surface area contributed by atoms with Crippen molar-refractivity contribution in [1.82, 2.24) is 0 Å². The maximum absolute atomic E-state index is 11.0. The number of carbonyl (C=O) groups is 1. The maximum atomic E-state index is 11.0. The highest BCUT2D eigenvalue weighted by atomic mass is 79.9. The van der Waals surface area contributed by atoms with E-state index in [0.29, 0.717) is 11.2 Å². The fourth-order valence-corrected chi connectivity index (χ4v) is 1.24. The maximum Gasteiger partial charge on any atom is 0.173 e. The van der Waals surface area contributed by atoms with Crippen LogP contribution < -0.4 is 0 Å². The molecule has 0 saturated heterocycles. The van der Waals surface area contributed by atoms with Gasteiger partial charge in [-0.3, -0.25) is 4.79 Å². The first-order chi connectivity index (χ1) is 4.74. The van der Waals surface area contributed by atoms with E-state index < -0.39 is 0 Å². The molecule has 1 rings (SSSR count). The second-order valence-electron chi connectivity index (χ2n) is 2.40. The van der Waals surface area contributed by atoms with Crippen molar-refractivity contribution in [2.45, 2.75) is 6.92 Å². The van der Waals surface area contributed by atoms with Gasteiger partial charge in [0.25, 0.3) is 0 Å². The Labute approximate surface area is 68.9 Å². The van der Waals surface area contributed by atoms with E-state index >= 15 is 0 Å². The molecule has 0 heterocycles. The van der Waals surface area contributed by atoms with Gasteiger partial charge in [-0.15, -0.1) is 0 Å². The van der Waals surface area contributed by atoms with Crippen LogP contribution in [0.5, 0.6) is 0 Å². The molecule has 2 heteroatoms. The molecule has 0 aromatic heterocycles. The van der Waals surface area contributed by atoms with Gasteiger partial charge in [0.2, 0.25) is 0 Å². The first-order valence-electron chi connectivity index (χ1n) is 3.23. The molecule has 0 spiro atoms. The number of rotatable bonds is 2. The SMILES string of the molecule is CC1C=CC(C(=O)CBr)=C1. The van der Waals surface area contributed by atoms with E-state index in [0.717, 1.165) is 5.57 Å². The number of ketones is 1. The summed E-state index contributed by atoms with van der Waals surface area (Å²) < 4.78 is 0. The van der Waals surface area contributed by atoms with Crippen LogP contribution in [0.4, 0.5) is 0 Å². The second kappa shape index (κ2) is 3.15. The summed E-state index contributed by atoms with van der Waals surface area (Å²) in [5.41, 5.74) is 0.837. The first-order valence-corrected chi connectivity index (χ1v) is 4.35. The van der Waals surface area contributed by atoms with Crippen LogP contribution in [0.25, 0.3) is 0 Å². The van der Waals surface area contributed by atoms with E-state index in [-0.39, 0.29) is 5.78 Å². The lowest BCUT2D eigenvalue weighted by atomic mass is 10.2. The predicted octanol–water partition coefficient (Wildman–Crippen LogP) is 2.08. The molecule has 0 saturated carbocycles. The Morgan fingerprint density at radius 1 is 1.80 bits per heavy atom. The molecule has 0 aromatic carbocycles. The molecule has 1 unspecified atom stereocenters. The highest BCUT2D eigenvalue weighted by molar-refractivity contribution is 9.09. The van der Waals surface area contributed by atoms with E-state index in [4.69, 9.17) is 0 Å². The van der Waals surface area contributed by atoms with E-state index in [1.165, 1.54) is 0 Å². The van der Waals surface area contributed by atoms with Gasteiger partial charge in [0, 0.05) is 5.57 Å². The molecule has 54 valence electrons. The molecule has 0 fully saturated rings. The molecule has 10 heavy (non-hydrogen) atoms. The highest BCUT2D eigenvalue weighted by Gasteiger charge is 2.09. The molecular formula is C8H9BrO. The zero-order chi connectivity index (χ0) is 7.56. The fraction of sp³-hybridized carbons (Fsp3) is 0.375. The van der Waals surface area contributed by atoms with Gasteiger partial charge < -0.3 is 0 Å². The Balaban J connectivity index is 2.68. The number of hydrogen-bond donors (Lipinski definition) is 0. The minimum atomic E-state index is 0.167. The summed E-state index contributed by atoms with van der Waals surface area (Å²) in [5, 5.41) is 0.426. The highest BCUT2D eigenvalue weighted by Crippen LogP contribution is 2.16. The normalized spacial score (nSPS) is 23.0. The van der Waals surface area contributed by atoms with E-state index in [1.807, 2.05) is 18.2 Å². The van der Waals surface area contributed by atoms with Crippen molar-refractivity contribution < 1.29 is 4.79 Å². The Bertz CT molecular complexity index is 203. The van der Waals surface area contributed by atoms with Crippen LogP contribution in [-0.4, -0.2) is 11.1 Å². The Kier molecular flexibility index (Phi) is 2.44. The summed E-state index contributed by atoms with van der Waals surface area (Å²) in [4.78, 5) is 11.0. The van der Waals surface area contributed by atoms with Gasteiger partial charge in [0.1, 0.15) is 0 Å². The van der Waals surface area contributed by atoms with Crippen LogP contribution in [0.1, 0.15) is 6.92 Å². The van der Waals surface area contributed by atoms with Gasteiger partial charge >= 0.3 is 0 Å². The summed E-state index contributed by atoms with van der Waals surface area (Å²) >= 11 is 3.12. The quantitative estimate of drug-likeness (QED) is 0.625. The molecule has 0 bridgehead atoms. The van der Waals surface area contributed by atoms with Crippen molar-refractivity contribution in [1.29, 1.82) is 0 Å². The van der Waals surface area contributed by atoms with Gasteiger partial charge in [-0.25, -0.2) is 0 Å². The van der Waals surface area contributed by atoms with Crippen molar-refractivity contribution in [2.75, 3.05) is 5.33 Å². The second-order valence-corrected chi connectivity index (χ2v) is 2.96. The molecule has 0 amide bonds. The molecule has 0 radical (unpaired) electrons. The smallest absolute Gasteiger partial charge is 0.173 e. The third-order valence-corrected chi connectivity index (χ3v) is 1.97. The largest absolute Gasteiger partial charge is 0.293 e. The number of hydrogen-bond acceptors (Lipinski definition) is 1. The van der Waals surface area contributed by atoms with Gasteiger partial charge in [-0.05, 0) is 5.92 Å². The molecule has 0 aromatic rings. The van der Waals surface area contributed by atoms with Crippen molar-refractivity contribution in [3.05, 3.63) is 23.8 Å². The molecule has 1 aliphatic carbocycles. The minimum absolute atomic E-state index is 0.167. The molecule has 1 nitrogen and oxygen atoms in total. The molecule has 0 N–H and O–H groups in total. The van der Waals surface area contributed by atoms with Gasteiger partial charge in [-0.2, -0.15) is 0 Å².